The third-order valence-corrected chi connectivity index (χ3v) is 5.05. The van der Waals surface area contributed by atoms with E-state index in [1.807, 2.05) is 32.0 Å². The second kappa shape index (κ2) is 13.2. The molecule has 1 aromatic rings. The van der Waals surface area contributed by atoms with Crippen molar-refractivity contribution in [1.29, 1.82) is 0 Å². The van der Waals surface area contributed by atoms with E-state index in [2.05, 4.69) is 16.9 Å². The van der Waals surface area contributed by atoms with Crippen LogP contribution in [-0.2, 0) is 16.1 Å². The van der Waals surface area contributed by atoms with Gasteiger partial charge in [-0.3, -0.25) is 14.6 Å². The van der Waals surface area contributed by atoms with E-state index in [0.29, 0.717) is 36.6 Å². The highest BCUT2D eigenvalue weighted by molar-refractivity contribution is 5.81. The number of hydrogen-bond donors (Lipinski definition) is 1. The van der Waals surface area contributed by atoms with Gasteiger partial charge >= 0.3 is 12.1 Å². The molecule has 0 saturated heterocycles. The Labute approximate surface area is 188 Å². The molecule has 10 heteroatoms. The topological polar surface area (TPSA) is 68.8 Å². The molecule has 1 N–H and O–H groups in total. The molecule has 0 saturated carbocycles. The molecule has 32 heavy (non-hydrogen) atoms. The summed E-state index contributed by atoms with van der Waals surface area (Å²) in [7, 11) is 5.04. The van der Waals surface area contributed by atoms with Crippen LogP contribution in [0, 0.1) is 0 Å². The zero-order chi connectivity index (χ0) is 24.3. The van der Waals surface area contributed by atoms with Crippen LogP contribution in [-0.4, -0.2) is 91.5 Å². The van der Waals surface area contributed by atoms with Gasteiger partial charge in [-0.2, -0.15) is 13.2 Å². The van der Waals surface area contributed by atoms with Crippen LogP contribution < -0.4 is 5.32 Å². The number of rotatable bonds is 13. The van der Waals surface area contributed by atoms with Crippen LogP contribution in [0.15, 0.2) is 31.0 Å². The summed E-state index contributed by atoms with van der Waals surface area (Å²) in [6.45, 7) is 8.29. The lowest BCUT2D eigenvalue weighted by atomic mass is 9.96. The van der Waals surface area contributed by atoms with Gasteiger partial charge in [-0.15, -0.1) is 6.58 Å². The molecule has 180 valence electrons. The molecule has 0 aliphatic rings. The summed E-state index contributed by atoms with van der Waals surface area (Å²) in [6.07, 6.45) is -1.32. The van der Waals surface area contributed by atoms with Gasteiger partial charge in [0.2, 0.25) is 5.91 Å². The third-order valence-electron chi connectivity index (χ3n) is 5.05. The van der Waals surface area contributed by atoms with Gasteiger partial charge in [-0.05, 0) is 45.1 Å². The Morgan fingerprint density at radius 3 is 2.47 bits per heavy atom. The highest BCUT2D eigenvalue weighted by Gasteiger charge is 2.41. The molecule has 0 fully saturated rings. The van der Waals surface area contributed by atoms with Crippen LogP contribution >= 0.6 is 0 Å². The number of halogens is 3. The number of nitrogens with one attached hydrogen (secondary N) is 1. The predicted octanol–water partition coefficient (Wildman–Crippen LogP) is 2.26. The largest absolute Gasteiger partial charge is 0.471 e. The molecule has 1 unspecified atom stereocenters. The fraction of sp³-hybridized carbons (Fsp3) is 0.591. The van der Waals surface area contributed by atoms with Gasteiger partial charge in [0, 0.05) is 51.9 Å². The van der Waals surface area contributed by atoms with Crippen molar-refractivity contribution in [1.82, 2.24) is 25.0 Å². The summed E-state index contributed by atoms with van der Waals surface area (Å²) in [5, 5.41) is 3.10. The summed E-state index contributed by atoms with van der Waals surface area (Å²) in [4.78, 5) is 32.4. The number of pyridine rings is 1. The van der Waals surface area contributed by atoms with Gasteiger partial charge in [0.15, 0.2) is 0 Å². The Morgan fingerprint density at radius 2 is 1.91 bits per heavy atom. The minimum Gasteiger partial charge on any atom is -0.341 e. The first kappa shape index (κ1) is 27.6. The summed E-state index contributed by atoms with van der Waals surface area (Å²) in [5.41, 5.74) is 1.55. The summed E-state index contributed by atoms with van der Waals surface area (Å²) < 4.78 is 37.7. The van der Waals surface area contributed by atoms with Crippen molar-refractivity contribution in [2.75, 3.05) is 53.9 Å². The Bertz CT molecular complexity index is 755. The lowest BCUT2D eigenvalue weighted by Crippen LogP contribution is -2.41. The monoisotopic (exact) mass is 457 g/mol. The first-order valence-electron chi connectivity index (χ1n) is 10.5. The predicted molar refractivity (Wildman–Crippen MR) is 118 cm³/mol. The smallest absolute Gasteiger partial charge is 0.341 e. The number of hydrogen-bond acceptors (Lipinski definition) is 5. The second-order valence-corrected chi connectivity index (χ2v) is 7.82. The van der Waals surface area contributed by atoms with Gasteiger partial charge in [0.05, 0.1) is 12.2 Å². The lowest BCUT2D eigenvalue weighted by molar-refractivity contribution is -0.184. The van der Waals surface area contributed by atoms with E-state index in [-0.39, 0.29) is 24.9 Å². The average molecular weight is 458 g/mol. The SMILES string of the molecule is C=CC(CCN(C)C(=O)C(F)(F)F)c1ccnc(CNCC(=O)N(CC)CCN(C)C)c1. The van der Waals surface area contributed by atoms with Gasteiger partial charge in [0.25, 0.3) is 0 Å². The van der Waals surface area contributed by atoms with Crippen LogP contribution in [0.5, 0.6) is 0 Å². The van der Waals surface area contributed by atoms with Crippen molar-refractivity contribution in [2.45, 2.75) is 32.0 Å². The fourth-order valence-electron chi connectivity index (χ4n) is 3.08. The first-order valence-corrected chi connectivity index (χ1v) is 10.5. The van der Waals surface area contributed by atoms with Gasteiger partial charge < -0.3 is 20.0 Å². The molecule has 0 aliphatic carbocycles. The van der Waals surface area contributed by atoms with Crippen molar-refractivity contribution in [2.24, 2.45) is 0 Å². The number of nitrogens with zero attached hydrogens (tertiary/aromatic N) is 4. The molecule has 0 radical (unpaired) electrons. The number of allylic oxidation sites excluding steroid dienone is 1. The van der Waals surface area contributed by atoms with Crippen LogP contribution in [0.2, 0.25) is 0 Å². The number of carbonyl (C=O) groups is 2. The Kier molecular flexibility index (Phi) is 11.3. The standard InChI is InChI=1S/C22H34F3N5O2/c1-6-17(9-11-29(5)21(32)22(23,24)25)18-8-10-27-19(14-18)15-26-16-20(31)30(7-2)13-12-28(3)4/h6,8,10,14,17,26H,1,7,9,11-13,15-16H2,2-5H3. The van der Waals surface area contributed by atoms with Crippen molar-refractivity contribution in [3.05, 3.63) is 42.2 Å². The van der Waals surface area contributed by atoms with Crippen molar-refractivity contribution < 1.29 is 22.8 Å². The van der Waals surface area contributed by atoms with Crippen LogP contribution in [0.4, 0.5) is 13.2 Å². The second-order valence-electron chi connectivity index (χ2n) is 7.82. The van der Waals surface area contributed by atoms with E-state index in [0.717, 1.165) is 19.2 Å². The molecular weight excluding hydrogens is 423 g/mol. The van der Waals surface area contributed by atoms with E-state index < -0.39 is 12.1 Å². The zero-order valence-electron chi connectivity index (χ0n) is 19.3. The van der Waals surface area contributed by atoms with Gasteiger partial charge in [-0.25, -0.2) is 0 Å². The van der Waals surface area contributed by atoms with E-state index in [1.54, 1.807) is 23.2 Å². The third kappa shape index (κ3) is 9.35. The maximum Gasteiger partial charge on any atom is 0.471 e. The number of amides is 2. The van der Waals surface area contributed by atoms with E-state index in [1.165, 1.54) is 0 Å². The number of aromatic nitrogens is 1. The molecule has 2 amide bonds. The van der Waals surface area contributed by atoms with Gasteiger partial charge in [-0.1, -0.05) is 6.08 Å². The molecule has 0 aliphatic heterocycles. The zero-order valence-corrected chi connectivity index (χ0v) is 19.3. The molecule has 1 aromatic heterocycles. The van der Waals surface area contributed by atoms with Crippen LogP contribution in [0.25, 0.3) is 0 Å². The van der Waals surface area contributed by atoms with E-state index >= 15 is 0 Å². The Morgan fingerprint density at radius 1 is 1.22 bits per heavy atom. The normalized spacial score (nSPS) is 12.5. The molecule has 1 rings (SSSR count). The number of carbonyl (C=O) groups excluding carboxylic acids is 2. The fourth-order valence-corrected chi connectivity index (χ4v) is 3.08. The Hall–Kier alpha value is -2.46. The highest BCUT2D eigenvalue weighted by atomic mass is 19.4. The molecule has 1 heterocycles. The molecule has 0 aromatic carbocycles. The maximum atomic E-state index is 12.6. The maximum absolute atomic E-state index is 12.6. The van der Waals surface area contributed by atoms with Crippen molar-refractivity contribution in [3.63, 3.8) is 0 Å². The molecule has 0 spiro atoms. The minimum atomic E-state index is -4.88. The van der Waals surface area contributed by atoms with Crippen LogP contribution in [0.1, 0.15) is 30.5 Å². The highest BCUT2D eigenvalue weighted by Crippen LogP contribution is 2.23. The number of likely N-dealkylation sites (N-methyl/N-ethyl adjacent to an activating group) is 2. The average Bonchev–Trinajstić information content (AvgIpc) is 2.73. The van der Waals surface area contributed by atoms with Crippen molar-refractivity contribution in [3.8, 4) is 0 Å². The van der Waals surface area contributed by atoms with Gasteiger partial charge in [0.1, 0.15) is 0 Å². The molecule has 1 atom stereocenters. The minimum absolute atomic E-state index is 0.00633. The van der Waals surface area contributed by atoms with Crippen LogP contribution in [0.3, 0.4) is 0 Å². The summed E-state index contributed by atoms with van der Waals surface area (Å²) >= 11 is 0. The summed E-state index contributed by atoms with van der Waals surface area (Å²) in [5.74, 6) is -2.09. The first-order chi connectivity index (χ1) is 15.0. The molecule has 7 nitrogen and oxygen atoms in total. The molecule has 0 bridgehead atoms. The number of alkyl halides is 3. The Balaban J connectivity index is 2.63. The quantitative estimate of drug-likeness (QED) is 0.460. The lowest BCUT2D eigenvalue weighted by Gasteiger charge is -2.23. The van der Waals surface area contributed by atoms with E-state index in [9.17, 15) is 22.8 Å². The molecular formula is C22H34F3N5O2. The van der Waals surface area contributed by atoms with Crippen molar-refractivity contribution >= 4 is 11.8 Å². The summed E-state index contributed by atoms with van der Waals surface area (Å²) in [6, 6.07) is 3.60. The van der Waals surface area contributed by atoms with E-state index in [4.69, 9.17) is 0 Å².